The summed E-state index contributed by atoms with van der Waals surface area (Å²) in [5.41, 5.74) is -0.200. The molecule has 1 aliphatic heterocycles. The van der Waals surface area contributed by atoms with E-state index in [2.05, 4.69) is 11.4 Å². The second-order valence-electron chi connectivity index (χ2n) is 5.65. The maximum Gasteiger partial charge on any atom is 0.0683 e. The highest BCUT2D eigenvalue weighted by molar-refractivity contribution is 4.91. The van der Waals surface area contributed by atoms with Crippen molar-refractivity contribution in [1.82, 2.24) is 5.32 Å². The van der Waals surface area contributed by atoms with Gasteiger partial charge in [0.15, 0.2) is 0 Å². The van der Waals surface area contributed by atoms with Gasteiger partial charge in [0.25, 0.3) is 0 Å². The first-order chi connectivity index (χ1) is 8.14. The van der Waals surface area contributed by atoms with Gasteiger partial charge in [-0.25, -0.2) is 0 Å². The lowest BCUT2D eigenvalue weighted by Gasteiger charge is -2.23. The number of nitriles is 1. The van der Waals surface area contributed by atoms with Crippen LogP contribution in [0, 0.1) is 16.7 Å². The van der Waals surface area contributed by atoms with Crippen molar-refractivity contribution in [2.24, 2.45) is 5.41 Å². The zero-order valence-corrected chi connectivity index (χ0v) is 11.3. The van der Waals surface area contributed by atoms with E-state index in [1.165, 1.54) is 25.8 Å². The molecule has 0 radical (unpaired) electrons. The van der Waals surface area contributed by atoms with Crippen molar-refractivity contribution >= 4 is 0 Å². The molecule has 0 aliphatic carbocycles. The normalized spacial score (nSPS) is 21.1. The highest BCUT2D eigenvalue weighted by Crippen LogP contribution is 2.20. The van der Waals surface area contributed by atoms with Gasteiger partial charge < -0.3 is 10.1 Å². The van der Waals surface area contributed by atoms with E-state index in [9.17, 15) is 0 Å². The average molecular weight is 238 g/mol. The highest BCUT2D eigenvalue weighted by Gasteiger charge is 2.15. The first kappa shape index (κ1) is 14.5. The Bertz CT molecular complexity index is 239. The van der Waals surface area contributed by atoms with Crippen LogP contribution in [0.15, 0.2) is 0 Å². The molecule has 1 fully saturated rings. The van der Waals surface area contributed by atoms with Gasteiger partial charge in [0.2, 0.25) is 0 Å². The van der Waals surface area contributed by atoms with Crippen molar-refractivity contribution in [3.05, 3.63) is 0 Å². The Kier molecular flexibility index (Phi) is 6.54. The van der Waals surface area contributed by atoms with E-state index in [4.69, 9.17) is 10.00 Å². The minimum absolute atomic E-state index is 0.200. The van der Waals surface area contributed by atoms with E-state index >= 15 is 0 Å². The smallest absolute Gasteiger partial charge is 0.0683 e. The molecule has 1 unspecified atom stereocenters. The van der Waals surface area contributed by atoms with Crippen LogP contribution in [0.5, 0.6) is 0 Å². The molecule has 1 heterocycles. The van der Waals surface area contributed by atoms with Crippen LogP contribution in [0.2, 0.25) is 0 Å². The molecule has 1 aliphatic rings. The van der Waals surface area contributed by atoms with Gasteiger partial charge in [-0.3, -0.25) is 0 Å². The minimum atomic E-state index is -0.200. The molecular weight excluding hydrogens is 212 g/mol. The first-order valence-electron chi connectivity index (χ1n) is 6.86. The van der Waals surface area contributed by atoms with Crippen molar-refractivity contribution in [1.29, 1.82) is 5.26 Å². The Balaban J connectivity index is 1.92. The lowest BCUT2D eigenvalue weighted by atomic mass is 9.90. The maximum absolute atomic E-state index is 8.87. The van der Waals surface area contributed by atoms with Crippen molar-refractivity contribution in [3.63, 3.8) is 0 Å². The summed E-state index contributed by atoms with van der Waals surface area (Å²) in [6.45, 7) is 6.78. The highest BCUT2D eigenvalue weighted by atomic mass is 16.5. The number of hydrogen-bond donors (Lipinski definition) is 1. The lowest BCUT2D eigenvalue weighted by Crippen LogP contribution is -2.34. The Morgan fingerprint density at radius 1 is 1.35 bits per heavy atom. The number of nitrogens with zero attached hydrogens (tertiary/aromatic N) is 1. The van der Waals surface area contributed by atoms with Crippen LogP contribution in [0.4, 0.5) is 0 Å². The largest absolute Gasteiger partial charge is 0.381 e. The third-order valence-electron chi connectivity index (χ3n) is 3.42. The van der Waals surface area contributed by atoms with E-state index < -0.39 is 0 Å². The molecule has 98 valence electrons. The molecule has 3 nitrogen and oxygen atoms in total. The van der Waals surface area contributed by atoms with Crippen molar-refractivity contribution in [2.75, 3.05) is 19.8 Å². The van der Waals surface area contributed by atoms with E-state index in [0.717, 1.165) is 32.5 Å². The topological polar surface area (TPSA) is 45.0 Å². The van der Waals surface area contributed by atoms with Gasteiger partial charge in [-0.1, -0.05) is 6.42 Å². The summed E-state index contributed by atoms with van der Waals surface area (Å²) in [6, 6.07) is 2.98. The summed E-state index contributed by atoms with van der Waals surface area (Å²) in [5, 5.41) is 12.4. The van der Waals surface area contributed by atoms with E-state index in [-0.39, 0.29) is 5.41 Å². The quantitative estimate of drug-likeness (QED) is 0.694. The Morgan fingerprint density at radius 3 is 2.82 bits per heavy atom. The summed E-state index contributed by atoms with van der Waals surface area (Å²) in [7, 11) is 0. The Labute approximate surface area is 106 Å². The molecule has 1 saturated heterocycles. The molecule has 1 N–H and O–H groups in total. The minimum Gasteiger partial charge on any atom is -0.381 e. The molecule has 0 bridgehead atoms. The van der Waals surface area contributed by atoms with Crippen LogP contribution in [-0.2, 0) is 4.74 Å². The van der Waals surface area contributed by atoms with Crippen LogP contribution >= 0.6 is 0 Å². The molecule has 0 aromatic carbocycles. The number of hydrogen-bond acceptors (Lipinski definition) is 3. The van der Waals surface area contributed by atoms with Crippen molar-refractivity contribution < 1.29 is 4.74 Å². The van der Waals surface area contributed by atoms with Gasteiger partial charge in [0, 0.05) is 19.3 Å². The molecule has 0 spiro atoms. The second-order valence-corrected chi connectivity index (χ2v) is 5.65. The van der Waals surface area contributed by atoms with Gasteiger partial charge in [-0.05, 0) is 52.5 Å². The fraction of sp³-hybridized carbons (Fsp3) is 0.929. The van der Waals surface area contributed by atoms with Gasteiger partial charge in [-0.15, -0.1) is 0 Å². The summed E-state index contributed by atoms with van der Waals surface area (Å²) >= 11 is 0. The van der Waals surface area contributed by atoms with Crippen LogP contribution in [0.1, 0.15) is 52.4 Å². The van der Waals surface area contributed by atoms with E-state index in [1.807, 2.05) is 13.8 Å². The molecule has 17 heavy (non-hydrogen) atoms. The summed E-state index contributed by atoms with van der Waals surface area (Å²) in [5.74, 6) is 0. The van der Waals surface area contributed by atoms with Crippen LogP contribution in [-0.4, -0.2) is 25.8 Å². The molecule has 0 saturated carbocycles. The Morgan fingerprint density at radius 2 is 2.18 bits per heavy atom. The second kappa shape index (κ2) is 7.68. The maximum atomic E-state index is 8.87. The van der Waals surface area contributed by atoms with Crippen LogP contribution < -0.4 is 5.32 Å². The van der Waals surface area contributed by atoms with Crippen molar-refractivity contribution in [3.8, 4) is 6.07 Å². The number of nitrogens with one attached hydrogen (secondary N) is 1. The van der Waals surface area contributed by atoms with Gasteiger partial charge in [0.1, 0.15) is 0 Å². The average Bonchev–Trinajstić information content (AvgIpc) is 2.35. The predicted molar refractivity (Wildman–Crippen MR) is 69.7 cm³/mol. The van der Waals surface area contributed by atoms with Gasteiger partial charge >= 0.3 is 0 Å². The van der Waals surface area contributed by atoms with Crippen LogP contribution in [0.3, 0.4) is 0 Å². The molecule has 3 heteroatoms. The van der Waals surface area contributed by atoms with Gasteiger partial charge in [-0.2, -0.15) is 5.26 Å². The number of piperidine rings is 1. The number of rotatable bonds is 7. The summed E-state index contributed by atoms with van der Waals surface area (Å²) in [4.78, 5) is 0. The monoisotopic (exact) mass is 238 g/mol. The van der Waals surface area contributed by atoms with E-state index in [1.54, 1.807) is 0 Å². The zero-order valence-electron chi connectivity index (χ0n) is 11.3. The standard InChI is InChI=1S/C14H26N2O/c1-14(2,12-15)8-5-10-17-11-7-13-6-3-4-9-16-13/h13,16H,3-11H2,1-2H3. The molecule has 1 atom stereocenters. The van der Waals surface area contributed by atoms with E-state index in [0.29, 0.717) is 6.04 Å². The lowest BCUT2D eigenvalue weighted by molar-refractivity contribution is 0.113. The predicted octanol–water partition coefficient (Wildman–Crippen LogP) is 2.87. The third kappa shape index (κ3) is 6.65. The SMILES string of the molecule is CC(C)(C#N)CCCOCCC1CCCCN1. The summed E-state index contributed by atoms with van der Waals surface area (Å²) < 4.78 is 5.63. The molecule has 0 aromatic heterocycles. The molecule has 0 aromatic rings. The van der Waals surface area contributed by atoms with Gasteiger partial charge in [0.05, 0.1) is 11.5 Å². The fourth-order valence-electron chi connectivity index (χ4n) is 2.17. The van der Waals surface area contributed by atoms with Crippen LogP contribution in [0.25, 0.3) is 0 Å². The molecule has 0 amide bonds. The number of ether oxygens (including phenoxy) is 1. The molecule has 1 rings (SSSR count). The van der Waals surface area contributed by atoms with Crippen molar-refractivity contribution in [2.45, 2.75) is 58.4 Å². The molecular formula is C14H26N2O. The third-order valence-corrected chi connectivity index (χ3v) is 3.42. The summed E-state index contributed by atoms with van der Waals surface area (Å²) in [6.07, 6.45) is 7.00. The zero-order chi connectivity index (χ0) is 12.6. The fourth-order valence-corrected chi connectivity index (χ4v) is 2.17. The first-order valence-corrected chi connectivity index (χ1v) is 6.86. The Hall–Kier alpha value is -0.590.